The molecule has 6 nitrogen and oxygen atoms in total. The zero-order valence-electron chi connectivity index (χ0n) is 10.5. The van der Waals surface area contributed by atoms with Gasteiger partial charge in [0.1, 0.15) is 16.3 Å². The first-order chi connectivity index (χ1) is 8.92. The van der Waals surface area contributed by atoms with Gasteiger partial charge in [0.2, 0.25) is 10.0 Å². The van der Waals surface area contributed by atoms with E-state index in [0.29, 0.717) is 11.3 Å². The monoisotopic (exact) mass is 282 g/mol. The lowest BCUT2D eigenvalue weighted by Crippen LogP contribution is -2.24. The Morgan fingerprint density at radius 2 is 2.00 bits per heavy atom. The molecule has 2 N–H and O–H groups in total. The van der Waals surface area contributed by atoms with Crippen LogP contribution in [0.1, 0.15) is 17.0 Å². The molecule has 0 spiro atoms. The molecule has 2 aromatic rings. The lowest BCUT2D eigenvalue weighted by molar-refractivity contribution is 0.390. The molecule has 0 radical (unpaired) electrons. The Morgan fingerprint density at radius 1 is 1.32 bits per heavy atom. The van der Waals surface area contributed by atoms with Crippen molar-refractivity contribution < 1.29 is 18.0 Å². The van der Waals surface area contributed by atoms with Crippen molar-refractivity contribution in [2.75, 3.05) is 0 Å². The number of hydrogen-bond acceptors (Lipinski definition) is 5. The van der Waals surface area contributed by atoms with E-state index in [1.165, 1.54) is 13.0 Å². The van der Waals surface area contributed by atoms with Crippen LogP contribution in [0, 0.1) is 13.8 Å². The van der Waals surface area contributed by atoms with Gasteiger partial charge in [-0.15, -0.1) is 0 Å². The maximum Gasteiger partial charge on any atom is 0.246 e. The van der Waals surface area contributed by atoms with Crippen molar-refractivity contribution in [3.05, 3.63) is 41.3 Å². The molecule has 0 saturated heterocycles. The van der Waals surface area contributed by atoms with Crippen molar-refractivity contribution >= 4 is 10.0 Å². The van der Waals surface area contributed by atoms with E-state index in [1.54, 1.807) is 25.1 Å². The molecule has 7 heteroatoms. The summed E-state index contributed by atoms with van der Waals surface area (Å²) < 4.78 is 31.5. The molecule has 0 atom stereocenters. The first-order valence-corrected chi connectivity index (χ1v) is 7.09. The van der Waals surface area contributed by atoms with Crippen LogP contribution < -0.4 is 4.72 Å². The number of sulfonamides is 1. The fourth-order valence-corrected chi connectivity index (χ4v) is 3.10. The van der Waals surface area contributed by atoms with Gasteiger partial charge in [0.25, 0.3) is 0 Å². The van der Waals surface area contributed by atoms with Crippen LogP contribution in [-0.2, 0) is 16.6 Å². The average molecular weight is 282 g/mol. The predicted molar refractivity (Wildman–Crippen MR) is 68.1 cm³/mol. The van der Waals surface area contributed by atoms with Crippen LogP contribution in [0.25, 0.3) is 0 Å². The third kappa shape index (κ3) is 2.77. The summed E-state index contributed by atoms with van der Waals surface area (Å²) in [5.41, 5.74) is 0.806. The zero-order chi connectivity index (χ0) is 14.0. The summed E-state index contributed by atoms with van der Waals surface area (Å²) in [4.78, 5) is 0.0444. The Kier molecular flexibility index (Phi) is 3.59. The van der Waals surface area contributed by atoms with Crippen molar-refractivity contribution in [1.29, 1.82) is 0 Å². The molecule has 0 bridgehead atoms. The van der Waals surface area contributed by atoms with Gasteiger partial charge in [0.15, 0.2) is 5.76 Å². The lowest BCUT2D eigenvalue weighted by Gasteiger charge is -2.07. The van der Waals surface area contributed by atoms with Gasteiger partial charge in [-0.2, -0.15) is 0 Å². The molecule has 0 aliphatic carbocycles. The Morgan fingerprint density at radius 3 is 2.58 bits per heavy atom. The second-order valence-electron chi connectivity index (χ2n) is 4.11. The van der Waals surface area contributed by atoms with Crippen molar-refractivity contribution in [1.82, 2.24) is 9.88 Å². The number of aryl methyl sites for hydroxylation is 2. The largest absolute Gasteiger partial charge is 0.508 e. The van der Waals surface area contributed by atoms with Crippen LogP contribution in [0.15, 0.2) is 33.7 Å². The van der Waals surface area contributed by atoms with Crippen LogP contribution in [0.4, 0.5) is 0 Å². The number of nitrogens with one attached hydrogen (secondary N) is 1. The summed E-state index contributed by atoms with van der Waals surface area (Å²) in [6, 6.07) is 6.53. The molecule has 1 aromatic heterocycles. The number of aromatic hydroxyl groups is 1. The Bertz CT molecular complexity index is 672. The van der Waals surface area contributed by atoms with Crippen molar-refractivity contribution in [3.8, 4) is 5.75 Å². The topological polar surface area (TPSA) is 92.4 Å². The molecule has 0 unspecified atom stereocenters. The van der Waals surface area contributed by atoms with Gasteiger partial charge < -0.3 is 9.63 Å². The molecule has 102 valence electrons. The summed E-state index contributed by atoms with van der Waals surface area (Å²) in [5.74, 6) is 0.284. The number of rotatable bonds is 4. The third-order valence-corrected chi connectivity index (χ3v) is 4.33. The second kappa shape index (κ2) is 5.02. The quantitative estimate of drug-likeness (QED) is 0.886. The van der Waals surface area contributed by atoms with Crippen LogP contribution in [0.5, 0.6) is 5.75 Å². The smallest absolute Gasteiger partial charge is 0.246 e. The standard InChI is InChI=1S/C12H14N2O4S/c1-8-12(9(2)18-14-8)19(16,17)13-7-10-5-3-4-6-11(10)15/h3-6,13,15H,7H2,1-2H3. The second-order valence-corrected chi connectivity index (χ2v) is 5.81. The normalized spacial score (nSPS) is 11.7. The van der Waals surface area contributed by atoms with E-state index in [-0.39, 0.29) is 22.9 Å². The molecule has 0 aliphatic heterocycles. The fourth-order valence-electron chi connectivity index (χ4n) is 1.76. The number of hydrogen-bond donors (Lipinski definition) is 2. The molecule has 0 saturated carbocycles. The molecular formula is C12H14N2O4S. The maximum atomic E-state index is 12.1. The number of phenolic OH excluding ortho intramolecular Hbond substituents is 1. The predicted octanol–water partition coefficient (Wildman–Crippen LogP) is 1.48. The number of nitrogens with zero attached hydrogens (tertiary/aromatic N) is 1. The highest BCUT2D eigenvalue weighted by Gasteiger charge is 2.23. The van der Waals surface area contributed by atoms with E-state index in [9.17, 15) is 13.5 Å². The molecular weight excluding hydrogens is 268 g/mol. The van der Waals surface area contributed by atoms with Crippen LogP contribution in [-0.4, -0.2) is 18.7 Å². The summed E-state index contributed by atoms with van der Waals surface area (Å²) >= 11 is 0. The highest BCUT2D eigenvalue weighted by Crippen LogP contribution is 2.20. The van der Waals surface area contributed by atoms with Crippen molar-refractivity contribution in [2.24, 2.45) is 0 Å². The number of para-hydroxylation sites is 1. The minimum Gasteiger partial charge on any atom is -0.508 e. The molecule has 0 amide bonds. The van der Waals surface area contributed by atoms with E-state index in [2.05, 4.69) is 9.88 Å². The van der Waals surface area contributed by atoms with E-state index in [1.807, 2.05) is 0 Å². The number of aromatic nitrogens is 1. The van der Waals surface area contributed by atoms with Crippen molar-refractivity contribution in [2.45, 2.75) is 25.3 Å². The SMILES string of the molecule is Cc1noc(C)c1S(=O)(=O)NCc1ccccc1O. The molecule has 1 aromatic carbocycles. The molecule has 1 heterocycles. The van der Waals surface area contributed by atoms with E-state index in [4.69, 9.17) is 4.52 Å². The van der Waals surface area contributed by atoms with Crippen LogP contribution in [0.3, 0.4) is 0 Å². The van der Waals surface area contributed by atoms with Gasteiger partial charge in [-0.25, -0.2) is 13.1 Å². The number of phenols is 1. The highest BCUT2D eigenvalue weighted by atomic mass is 32.2. The summed E-state index contributed by atoms with van der Waals surface area (Å²) in [6.45, 7) is 3.10. The van der Waals surface area contributed by atoms with Gasteiger partial charge in [-0.1, -0.05) is 23.4 Å². The van der Waals surface area contributed by atoms with Gasteiger partial charge in [-0.05, 0) is 19.9 Å². The Hall–Kier alpha value is -1.86. The van der Waals surface area contributed by atoms with E-state index < -0.39 is 10.0 Å². The minimum atomic E-state index is -3.71. The van der Waals surface area contributed by atoms with E-state index in [0.717, 1.165) is 0 Å². The first kappa shape index (κ1) is 13.6. The molecule has 19 heavy (non-hydrogen) atoms. The lowest BCUT2D eigenvalue weighted by atomic mass is 10.2. The van der Waals surface area contributed by atoms with Gasteiger partial charge in [0, 0.05) is 12.1 Å². The highest BCUT2D eigenvalue weighted by molar-refractivity contribution is 7.89. The fraction of sp³-hybridized carbons (Fsp3) is 0.250. The first-order valence-electron chi connectivity index (χ1n) is 5.61. The van der Waals surface area contributed by atoms with E-state index >= 15 is 0 Å². The third-order valence-electron chi connectivity index (χ3n) is 2.68. The summed E-state index contributed by atoms with van der Waals surface area (Å²) in [5, 5.41) is 13.2. The Labute approximate surface area is 111 Å². The van der Waals surface area contributed by atoms with Gasteiger partial charge in [0.05, 0.1) is 0 Å². The number of benzene rings is 1. The average Bonchev–Trinajstić information content (AvgIpc) is 2.69. The zero-order valence-corrected chi connectivity index (χ0v) is 11.4. The molecule has 0 aliphatic rings. The maximum absolute atomic E-state index is 12.1. The summed E-state index contributed by atoms with van der Waals surface area (Å²) in [7, 11) is -3.71. The van der Waals surface area contributed by atoms with Crippen LogP contribution in [0.2, 0.25) is 0 Å². The molecule has 0 fully saturated rings. The minimum absolute atomic E-state index is 0.000926. The van der Waals surface area contributed by atoms with Gasteiger partial charge in [-0.3, -0.25) is 0 Å². The molecule has 2 rings (SSSR count). The van der Waals surface area contributed by atoms with Gasteiger partial charge >= 0.3 is 0 Å². The summed E-state index contributed by atoms with van der Waals surface area (Å²) in [6.07, 6.45) is 0. The van der Waals surface area contributed by atoms with Crippen molar-refractivity contribution in [3.63, 3.8) is 0 Å². The Balaban J connectivity index is 2.22. The van der Waals surface area contributed by atoms with Crippen LogP contribution >= 0.6 is 0 Å².